The average molecular weight is 277 g/mol. The van der Waals surface area contributed by atoms with Crippen LogP contribution in [0.25, 0.3) is 0 Å². The van der Waals surface area contributed by atoms with E-state index >= 15 is 0 Å². The summed E-state index contributed by atoms with van der Waals surface area (Å²) in [6.07, 6.45) is 0.967. The van der Waals surface area contributed by atoms with Crippen LogP contribution in [0, 0.1) is 0 Å². The molecule has 1 aromatic carbocycles. The summed E-state index contributed by atoms with van der Waals surface area (Å²) in [6, 6.07) is 7.54. The van der Waals surface area contributed by atoms with Crippen molar-refractivity contribution in [2.75, 3.05) is 6.61 Å². The molecule has 1 amide bonds. The molecule has 20 heavy (non-hydrogen) atoms. The minimum Gasteiger partial charge on any atom is -0.484 e. The average Bonchev–Trinajstić information content (AvgIpc) is 3.18. The number of hydrogen-bond acceptors (Lipinski definition) is 3. The molecule has 1 saturated carbocycles. The van der Waals surface area contributed by atoms with Crippen molar-refractivity contribution >= 4 is 11.9 Å². The van der Waals surface area contributed by atoms with E-state index in [-0.39, 0.29) is 6.61 Å². The van der Waals surface area contributed by atoms with Crippen molar-refractivity contribution in [3.8, 4) is 5.75 Å². The predicted molar refractivity (Wildman–Crippen MR) is 73.8 cm³/mol. The van der Waals surface area contributed by atoms with Crippen molar-refractivity contribution in [3.63, 3.8) is 0 Å². The van der Waals surface area contributed by atoms with Crippen molar-refractivity contribution in [2.24, 2.45) is 0 Å². The Balaban J connectivity index is 1.83. The summed E-state index contributed by atoms with van der Waals surface area (Å²) in [5.41, 5.74) is 0.145. The van der Waals surface area contributed by atoms with Gasteiger partial charge in [-0.05, 0) is 36.5 Å². The molecule has 0 saturated heterocycles. The lowest BCUT2D eigenvalue weighted by atomic mass is 10.0. The molecule has 5 nitrogen and oxygen atoms in total. The van der Waals surface area contributed by atoms with Gasteiger partial charge in [-0.3, -0.25) is 4.79 Å². The van der Waals surface area contributed by atoms with Crippen LogP contribution in [0.4, 0.5) is 0 Å². The third-order valence-corrected chi connectivity index (χ3v) is 3.45. The first-order valence-electron chi connectivity index (χ1n) is 6.70. The summed E-state index contributed by atoms with van der Waals surface area (Å²) in [4.78, 5) is 22.6. The van der Waals surface area contributed by atoms with Gasteiger partial charge in [-0.15, -0.1) is 0 Å². The predicted octanol–water partition coefficient (Wildman–Crippen LogP) is 1.92. The van der Waals surface area contributed by atoms with Crippen LogP contribution in [-0.4, -0.2) is 29.1 Å². The highest BCUT2D eigenvalue weighted by molar-refractivity contribution is 5.90. The molecule has 0 radical (unpaired) electrons. The number of carbonyl (C=O) groups excluding carboxylic acids is 1. The number of ether oxygens (including phenoxy) is 1. The van der Waals surface area contributed by atoms with Gasteiger partial charge in [0.15, 0.2) is 6.61 Å². The highest BCUT2D eigenvalue weighted by Crippen LogP contribution is 2.35. The van der Waals surface area contributed by atoms with Gasteiger partial charge in [0.25, 0.3) is 5.91 Å². The minimum absolute atomic E-state index is 0.171. The second-order valence-corrected chi connectivity index (χ2v) is 5.45. The highest BCUT2D eigenvalue weighted by Gasteiger charge is 2.51. The number of nitrogens with one attached hydrogen (secondary N) is 1. The summed E-state index contributed by atoms with van der Waals surface area (Å²) in [5, 5.41) is 11.5. The molecule has 1 aromatic rings. The third-order valence-electron chi connectivity index (χ3n) is 3.45. The summed E-state index contributed by atoms with van der Waals surface area (Å²) in [6.45, 7) is 4.03. The fourth-order valence-electron chi connectivity index (χ4n) is 1.92. The molecule has 0 unspecified atom stereocenters. The van der Waals surface area contributed by atoms with Gasteiger partial charge in [-0.1, -0.05) is 26.0 Å². The van der Waals surface area contributed by atoms with Gasteiger partial charge in [0.05, 0.1) is 0 Å². The van der Waals surface area contributed by atoms with Crippen LogP contribution >= 0.6 is 0 Å². The SMILES string of the molecule is CC(C)c1ccc(OCC(=O)NC2(C(=O)O)CC2)cc1. The largest absolute Gasteiger partial charge is 0.484 e. The van der Waals surface area contributed by atoms with Crippen LogP contribution in [0.1, 0.15) is 38.2 Å². The Morgan fingerprint density at radius 3 is 2.35 bits per heavy atom. The maximum Gasteiger partial charge on any atom is 0.329 e. The van der Waals surface area contributed by atoms with Crippen molar-refractivity contribution in [3.05, 3.63) is 29.8 Å². The quantitative estimate of drug-likeness (QED) is 0.833. The smallest absolute Gasteiger partial charge is 0.329 e. The Morgan fingerprint density at radius 2 is 1.90 bits per heavy atom. The van der Waals surface area contributed by atoms with E-state index in [2.05, 4.69) is 19.2 Å². The van der Waals surface area contributed by atoms with Gasteiger partial charge in [0.2, 0.25) is 0 Å². The standard InChI is InChI=1S/C15H19NO4/c1-10(2)11-3-5-12(6-4-11)20-9-13(17)16-15(7-8-15)14(18)19/h3-6,10H,7-9H2,1-2H3,(H,16,17)(H,18,19). The van der Waals surface area contributed by atoms with Gasteiger partial charge in [-0.25, -0.2) is 4.79 Å². The zero-order chi connectivity index (χ0) is 14.8. The van der Waals surface area contributed by atoms with Crippen LogP contribution in [0.5, 0.6) is 5.75 Å². The number of hydrogen-bond donors (Lipinski definition) is 2. The van der Waals surface area contributed by atoms with Crippen LogP contribution in [0.2, 0.25) is 0 Å². The lowest BCUT2D eigenvalue weighted by molar-refractivity contribution is -0.143. The number of amides is 1. The fraction of sp³-hybridized carbons (Fsp3) is 0.467. The molecule has 2 N–H and O–H groups in total. The van der Waals surface area contributed by atoms with Crippen molar-refractivity contribution < 1.29 is 19.4 Å². The topological polar surface area (TPSA) is 75.6 Å². The Bertz CT molecular complexity index is 503. The molecule has 0 spiro atoms. The van der Waals surface area contributed by atoms with E-state index in [1.807, 2.05) is 24.3 Å². The fourth-order valence-corrected chi connectivity index (χ4v) is 1.92. The van der Waals surface area contributed by atoms with E-state index in [1.165, 1.54) is 5.56 Å². The van der Waals surface area contributed by atoms with E-state index in [0.717, 1.165) is 0 Å². The minimum atomic E-state index is -1.05. The number of benzene rings is 1. The van der Waals surface area contributed by atoms with E-state index in [4.69, 9.17) is 9.84 Å². The third kappa shape index (κ3) is 3.29. The molecule has 0 atom stereocenters. The van der Waals surface area contributed by atoms with Crippen molar-refractivity contribution in [1.29, 1.82) is 0 Å². The number of carbonyl (C=O) groups is 2. The first-order valence-corrected chi connectivity index (χ1v) is 6.70. The van der Waals surface area contributed by atoms with Gasteiger partial charge >= 0.3 is 5.97 Å². The number of carboxylic acids is 1. The molecule has 108 valence electrons. The zero-order valence-electron chi connectivity index (χ0n) is 11.7. The van der Waals surface area contributed by atoms with Crippen LogP contribution in [0.3, 0.4) is 0 Å². The Kier molecular flexibility index (Phi) is 3.97. The molecular weight excluding hydrogens is 258 g/mol. The van der Waals surface area contributed by atoms with E-state index < -0.39 is 17.4 Å². The van der Waals surface area contributed by atoms with E-state index in [0.29, 0.717) is 24.5 Å². The Hall–Kier alpha value is -2.04. The van der Waals surface area contributed by atoms with Gasteiger partial charge < -0.3 is 15.2 Å². The Morgan fingerprint density at radius 1 is 1.30 bits per heavy atom. The molecular formula is C15H19NO4. The maximum absolute atomic E-state index is 11.7. The molecule has 0 aliphatic heterocycles. The number of rotatable bonds is 6. The van der Waals surface area contributed by atoms with Crippen molar-refractivity contribution in [1.82, 2.24) is 5.32 Å². The molecule has 5 heteroatoms. The normalized spacial score (nSPS) is 15.8. The summed E-state index contributed by atoms with van der Waals surface area (Å²) < 4.78 is 5.35. The summed E-state index contributed by atoms with van der Waals surface area (Å²) in [7, 11) is 0. The molecule has 1 aliphatic carbocycles. The van der Waals surface area contributed by atoms with Gasteiger partial charge in [-0.2, -0.15) is 0 Å². The van der Waals surface area contributed by atoms with E-state index in [1.54, 1.807) is 0 Å². The van der Waals surface area contributed by atoms with Crippen LogP contribution in [0.15, 0.2) is 24.3 Å². The van der Waals surface area contributed by atoms with Gasteiger partial charge in [0, 0.05) is 0 Å². The highest BCUT2D eigenvalue weighted by atomic mass is 16.5. The summed E-state index contributed by atoms with van der Waals surface area (Å²) >= 11 is 0. The Labute approximate surface area is 117 Å². The van der Waals surface area contributed by atoms with Gasteiger partial charge in [0.1, 0.15) is 11.3 Å². The second kappa shape index (κ2) is 5.53. The second-order valence-electron chi connectivity index (χ2n) is 5.45. The van der Waals surface area contributed by atoms with Crippen LogP contribution in [-0.2, 0) is 9.59 Å². The first kappa shape index (κ1) is 14.4. The van der Waals surface area contributed by atoms with E-state index in [9.17, 15) is 9.59 Å². The number of aliphatic carboxylic acids is 1. The lowest BCUT2D eigenvalue weighted by Crippen LogP contribution is -2.45. The summed E-state index contributed by atoms with van der Waals surface area (Å²) in [5.74, 6) is -0.340. The number of carboxylic acid groups (broad SMARTS) is 1. The molecule has 0 aromatic heterocycles. The molecule has 0 bridgehead atoms. The lowest BCUT2D eigenvalue weighted by Gasteiger charge is -2.13. The van der Waals surface area contributed by atoms with Crippen molar-refractivity contribution in [2.45, 2.75) is 38.1 Å². The zero-order valence-corrected chi connectivity index (χ0v) is 11.7. The maximum atomic E-state index is 11.7. The van der Waals surface area contributed by atoms with Crippen LogP contribution < -0.4 is 10.1 Å². The molecule has 1 fully saturated rings. The molecule has 1 aliphatic rings. The molecule has 2 rings (SSSR count). The monoisotopic (exact) mass is 277 g/mol. The molecule has 0 heterocycles. The first-order chi connectivity index (χ1) is 9.43.